The van der Waals surface area contributed by atoms with Crippen LogP contribution in [0, 0.1) is 6.92 Å². The first-order valence-electron chi connectivity index (χ1n) is 12.9. The zero-order valence-electron chi connectivity index (χ0n) is 25.2. The molecule has 0 aliphatic carbocycles. The molecule has 1 aromatic carbocycles. The number of aliphatic hydroxyl groups excluding tert-OH is 1. The SMILES string of the molecule is COC(=O)[C@H](CSCc1cccc(C)c1C(=O)OO[Si](C)(C)C(C)(C)C)N(NC(=O)OC(C)(C)C)C(=O)CCO. The summed E-state index contributed by atoms with van der Waals surface area (Å²) in [7, 11) is -1.19. The van der Waals surface area contributed by atoms with E-state index in [0.29, 0.717) is 16.7 Å². The minimum atomic E-state index is -2.35. The van der Waals surface area contributed by atoms with Gasteiger partial charge in [-0.3, -0.25) is 4.79 Å². The molecule has 0 spiro atoms. The third-order valence-electron chi connectivity index (χ3n) is 6.22. The summed E-state index contributed by atoms with van der Waals surface area (Å²) in [6.45, 7) is 16.3. The number of hydrogen-bond donors (Lipinski definition) is 2. The van der Waals surface area contributed by atoms with Gasteiger partial charge in [0.15, 0.2) is 6.04 Å². The fourth-order valence-corrected chi connectivity index (χ4v) is 4.66. The first-order valence-corrected chi connectivity index (χ1v) is 17.0. The second-order valence-corrected chi connectivity index (χ2v) is 17.4. The third kappa shape index (κ3) is 10.8. The molecule has 0 radical (unpaired) electrons. The molecule has 1 aromatic rings. The summed E-state index contributed by atoms with van der Waals surface area (Å²) in [6.07, 6.45) is -1.28. The molecule has 1 rings (SSSR count). The summed E-state index contributed by atoms with van der Waals surface area (Å²) in [4.78, 5) is 56.3. The molecular weight excluding hydrogens is 556 g/mol. The van der Waals surface area contributed by atoms with E-state index in [1.54, 1.807) is 45.9 Å². The van der Waals surface area contributed by atoms with Crippen molar-refractivity contribution < 1.29 is 43.2 Å². The lowest BCUT2D eigenvalue weighted by Crippen LogP contribution is -2.57. The van der Waals surface area contributed by atoms with Gasteiger partial charge >= 0.3 is 18.0 Å². The normalized spacial score (nSPS) is 12.8. The number of benzene rings is 1. The zero-order chi connectivity index (χ0) is 30.9. The van der Waals surface area contributed by atoms with Crippen molar-refractivity contribution in [3.8, 4) is 0 Å². The van der Waals surface area contributed by atoms with E-state index < -0.39 is 50.5 Å². The van der Waals surface area contributed by atoms with Gasteiger partial charge in [0.05, 0.1) is 25.7 Å². The molecule has 11 nitrogen and oxygen atoms in total. The number of amides is 2. The van der Waals surface area contributed by atoms with E-state index in [-0.39, 0.29) is 23.0 Å². The largest absolute Gasteiger partial charge is 0.467 e. The Balaban J connectivity index is 3.14. The van der Waals surface area contributed by atoms with Crippen LogP contribution in [0.5, 0.6) is 0 Å². The Kier molecular flexibility index (Phi) is 13.2. The van der Waals surface area contributed by atoms with Crippen LogP contribution in [0.4, 0.5) is 4.79 Å². The second kappa shape index (κ2) is 14.9. The highest BCUT2D eigenvalue weighted by Crippen LogP contribution is 2.37. The maximum Gasteiger partial charge on any atom is 0.426 e. The number of methoxy groups -OCH3 is 1. The third-order valence-corrected chi connectivity index (χ3v) is 11.4. The zero-order valence-corrected chi connectivity index (χ0v) is 27.0. The number of carbonyl (C=O) groups is 4. The molecule has 0 saturated carbocycles. The number of carbonyl (C=O) groups excluding carboxylic acids is 4. The predicted molar refractivity (Wildman–Crippen MR) is 155 cm³/mol. The van der Waals surface area contributed by atoms with E-state index in [0.717, 1.165) is 5.01 Å². The number of nitrogens with one attached hydrogen (secondary N) is 1. The van der Waals surface area contributed by atoms with E-state index in [1.165, 1.54) is 18.9 Å². The van der Waals surface area contributed by atoms with Crippen LogP contribution < -0.4 is 5.43 Å². The lowest BCUT2D eigenvalue weighted by Gasteiger charge is -2.33. The summed E-state index contributed by atoms with van der Waals surface area (Å²) >= 11 is 1.24. The van der Waals surface area contributed by atoms with Crippen molar-refractivity contribution in [1.82, 2.24) is 10.4 Å². The average Bonchev–Trinajstić information content (AvgIpc) is 2.82. The number of hydrogen-bond acceptors (Lipinski definition) is 10. The van der Waals surface area contributed by atoms with Crippen LogP contribution >= 0.6 is 11.8 Å². The summed E-state index contributed by atoms with van der Waals surface area (Å²) in [6, 6.07) is 4.12. The van der Waals surface area contributed by atoms with Gasteiger partial charge < -0.3 is 19.5 Å². The van der Waals surface area contributed by atoms with Crippen LogP contribution in [0.2, 0.25) is 18.1 Å². The molecule has 2 amide bonds. The Morgan fingerprint density at radius 3 is 2.25 bits per heavy atom. The van der Waals surface area contributed by atoms with Gasteiger partial charge in [-0.2, -0.15) is 11.8 Å². The summed E-state index contributed by atoms with van der Waals surface area (Å²) in [5.41, 5.74) is 3.15. The molecule has 0 bridgehead atoms. The Morgan fingerprint density at radius 1 is 1.10 bits per heavy atom. The molecule has 40 heavy (non-hydrogen) atoms. The summed E-state index contributed by atoms with van der Waals surface area (Å²) in [5.74, 6) is -1.82. The number of hydrazine groups is 1. The number of thioether (sulfide) groups is 1. The van der Waals surface area contributed by atoms with Gasteiger partial charge in [0.25, 0.3) is 8.32 Å². The van der Waals surface area contributed by atoms with Crippen LogP contribution in [0.3, 0.4) is 0 Å². The van der Waals surface area contributed by atoms with Gasteiger partial charge in [0, 0.05) is 11.5 Å². The van der Waals surface area contributed by atoms with E-state index in [2.05, 4.69) is 5.43 Å². The van der Waals surface area contributed by atoms with Crippen molar-refractivity contribution in [2.45, 2.75) is 90.4 Å². The van der Waals surface area contributed by atoms with Crippen LogP contribution in [-0.2, 0) is 34.3 Å². The van der Waals surface area contributed by atoms with Gasteiger partial charge in [-0.25, -0.2) is 29.4 Å². The standard InChI is InChI=1S/C27H44N2O9SSi/c1-18-12-11-13-19(22(18)24(33)37-38-40(9,10)27(5,6)7)16-39-17-20(23(32)35-8)29(21(31)14-15-30)28-25(34)36-26(2,3)4/h11-13,20,30H,14-17H2,1-10H3,(H,28,34)/t20-/m0/s1. The van der Waals surface area contributed by atoms with Gasteiger partial charge in [-0.15, -0.1) is 0 Å². The van der Waals surface area contributed by atoms with Crippen molar-refractivity contribution in [2.24, 2.45) is 0 Å². The van der Waals surface area contributed by atoms with E-state index >= 15 is 0 Å². The van der Waals surface area contributed by atoms with Crippen molar-refractivity contribution in [2.75, 3.05) is 19.5 Å². The van der Waals surface area contributed by atoms with Crippen LogP contribution in [0.15, 0.2) is 18.2 Å². The van der Waals surface area contributed by atoms with Gasteiger partial charge in [-0.1, -0.05) is 39.0 Å². The van der Waals surface area contributed by atoms with E-state index in [1.807, 2.05) is 33.9 Å². The fraction of sp³-hybridized carbons (Fsp3) is 0.630. The molecule has 0 saturated heterocycles. The minimum Gasteiger partial charge on any atom is -0.467 e. The number of ether oxygens (including phenoxy) is 2. The summed E-state index contributed by atoms with van der Waals surface area (Å²) < 4.78 is 15.8. The summed E-state index contributed by atoms with van der Waals surface area (Å²) in [5, 5.41) is 9.95. The van der Waals surface area contributed by atoms with Gasteiger partial charge in [0.1, 0.15) is 5.60 Å². The van der Waals surface area contributed by atoms with E-state index in [9.17, 15) is 24.3 Å². The van der Waals surface area contributed by atoms with Gasteiger partial charge in [0.2, 0.25) is 5.91 Å². The highest BCUT2D eigenvalue weighted by atomic mass is 32.2. The minimum absolute atomic E-state index is 0.00252. The molecule has 0 heterocycles. The fourth-order valence-electron chi connectivity index (χ4n) is 3.04. The van der Waals surface area contributed by atoms with Crippen molar-refractivity contribution in [3.63, 3.8) is 0 Å². The number of nitrogens with zero attached hydrogens (tertiary/aromatic N) is 1. The van der Waals surface area contributed by atoms with Crippen LogP contribution in [-0.4, -0.2) is 73.5 Å². The van der Waals surface area contributed by atoms with Crippen molar-refractivity contribution in [1.29, 1.82) is 0 Å². The Bertz CT molecular complexity index is 1050. The molecule has 1 atom stereocenters. The maximum atomic E-state index is 13.1. The highest BCUT2D eigenvalue weighted by molar-refractivity contribution is 7.98. The Morgan fingerprint density at radius 2 is 1.73 bits per heavy atom. The molecule has 0 aliphatic heterocycles. The molecule has 0 aliphatic rings. The average molecular weight is 601 g/mol. The first kappa shape index (κ1) is 35.4. The molecule has 226 valence electrons. The maximum absolute atomic E-state index is 13.1. The van der Waals surface area contributed by atoms with Gasteiger partial charge in [-0.05, 0) is 57.0 Å². The number of aryl methyl sites for hydroxylation is 1. The molecule has 2 N–H and O–H groups in total. The lowest BCUT2D eigenvalue weighted by atomic mass is 10.0. The lowest BCUT2D eigenvalue weighted by molar-refractivity contribution is -0.163. The Hall–Kier alpha value is -2.61. The molecule has 13 heteroatoms. The number of aliphatic hydroxyl groups is 1. The van der Waals surface area contributed by atoms with Crippen molar-refractivity contribution >= 4 is 44.0 Å². The van der Waals surface area contributed by atoms with E-state index in [4.69, 9.17) is 18.9 Å². The number of rotatable bonds is 11. The monoisotopic (exact) mass is 600 g/mol. The second-order valence-electron chi connectivity index (χ2n) is 11.7. The predicted octanol–water partition coefficient (Wildman–Crippen LogP) is 4.51. The van der Waals surface area contributed by atoms with Crippen LogP contribution in [0.1, 0.15) is 69.4 Å². The quantitative estimate of drug-likeness (QED) is 0.161. The molecule has 0 unspecified atom stereocenters. The molecule has 0 fully saturated rings. The first-order chi connectivity index (χ1) is 18.3. The van der Waals surface area contributed by atoms with Crippen molar-refractivity contribution in [3.05, 3.63) is 34.9 Å². The van der Waals surface area contributed by atoms with Crippen LogP contribution in [0.25, 0.3) is 0 Å². The smallest absolute Gasteiger partial charge is 0.426 e. The molecule has 0 aromatic heterocycles. The highest BCUT2D eigenvalue weighted by Gasteiger charge is 2.40. The topological polar surface area (TPSA) is 141 Å². The Labute approximate surface area is 242 Å². The number of esters is 1. The molecular formula is C27H44N2O9SSi.